The molecule has 0 aromatic heterocycles. The predicted molar refractivity (Wildman–Crippen MR) is 100 cm³/mol. The van der Waals surface area contributed by atoms with Crippen LogP contribution in [0, 0.1) is 0 Å². The van der Waals surface area contributed by atoms with Gasteiger partial charge < -0.3 is 18.9 Å². The lowest BCUT2D eigenvalue weighted by atomic mass is 9.78. The molecule has 2 rings (SSSR count). The highest BCUT2D eigenvalue weighted by Crippen LogP contribution is 2.33. The average Bonchev–Trinajstić information content (AvgIpc) is 2.70. The van der Waals surface area contributed by atoms with Crippen molar-refractivity contribution in [3.63, 3.8) is 0 Å². The molecule has 0 aliphatic heterocycles. The Morgan fingerprint density at radius 1 is 0.704 bits per heavy atom. The SMILES string of the molecule is COC(=O)COc1ccc(C(C)(C)c2ccc(OCC(=O)OC)cc2)cc1. The first-order valence-electron chi connectivity index (χ1n) is 8.47. The van der Waals surface area contributed by atoms with Gasteiger partial charge in [-0.05, 0) is 35.4 Å². The lowest BCUT2D eigenvalue weighted by molar-refractivity contribution is -0.143. The van der Waals surface area contributed by atoms with Crippen LogP contribution in [0.4, 0.5) is 0 Å². The van der Waals surface area contributed by atoms with Crippen molar-refractivity contribution in [2.24, 2.45) is 0 Å². The molecule has 0 spiro atoms. The first-order valence-corrected chi connectivity index (χ1v) is 8.47. The van der Waals surface area contributed by atoms with Gasteiger partial charge in [-0.2, -0.15) is 0 Å². The Balaban J connectivity index is 2.06. The first-order chi connectivity index (χ1) is 12.9. The van der Waals surface area contributed by atoms with Crippen LogP contribution in [0.25, 0.3) is 0 Å². The van der Waals surface area contributed by atoms with Crippen molar-refractivity contribution in [3.8, 4) is 11.5 Å². The van der Waals surface area contributed by atoms with Crippen molar-refractivity contribution in [2.75, 3.05) is 27.4 Å². The van der Waals surface area contributed by atoms with Crippen molar-refractivity contribution >= 4 is 11.9 Å². The third-order valence-electron chi connectivity index (χ3n) is 4.32. The second-order valence-corrected chi connectivity index (χ2v) is 6.40. The zero-order chi connectivity index (χ0) is 19.9. The van der Waals surface area contributed by atoms with Crippen LogP contribution in [0.1, 0.15) is 25.0 Å². The fraction of sp³-hybridized carbons (Fsp3) is 0.333. The maximum absolute atomic E-state index is 11.1. The summed E-state index contributed by atoms with van der Waals surface area (Å²) >= 11 is 0. The molecule has 0 atom stereocenters. The van der Waals surface area contributed by atoms with Crippen molar-refractivity contribution in [1.82, 2.24) is 0 Å². The van der Waals surface area contributed by atoms with Gasteiger partial charge in [-0.15, -0.1) is 0 Å². The molecule has 27 heavy (non-hydrogen) atoms. The fourth-order valence-electron chi connectivity index (χ4n) is 2.50. The molecule has 0 heterocycles. The van der Waals surface area contributed by atoms with Crippen molar-refractivity contribution in [2.45, 2.75) is 19.3 Å². The third kappa shape index (κ3) is 5.48. The summed E-state index contributed by atoms with van der Waals surface area (Å²) in [4.78, 5) is 22.3. The number of hydrogen-bond donors (Lipinski definition) is 0. The van der Waals surface area contributed by atoms with Crippen LogP contribution in [0.15, 0.2) is 48.5 Å². The van der Waals surface area contributed by atoms with Gasteiger partial charge >= 0.3 is 11.9 Å². The van der Waals surface area contributed by atoms with Gasteiger partial charge in [-0.1, -0.05) is 38.1 Å². The number of methoxy groups -OCH3 is 2. The molecule has 0 saturated carbocycles. The van der Waals surface area contributed by atoms with Crippen molar-refractivity contribution in [1.29, 1.82) is 0 Å². The van der Waals surface area contributed by atoms with Gasteiger partial charge in [0.05, 0.1) is 14.2 Å². The number of hydrogen-bond acceptors (Lipinski definition) is 6. The molecule has 6 nitrogen and oxygen atoms in total. The number of ether oxygens (including phenoxy) is 4. The van der Waals surface area contributed by atoms with Crippen LogP contribution in [0.3, 0.4) is 0 Å². The lowest BCUT2D eigenvalue weighted by Crippen LogP contribution is -2.19. The summed E-state index contributed by atoms with van der Waals surface area (Å²) in [5.41, 5.74) is 1.94. The minimum absolute atomic E-state index is 0.119. The second kappa shape index (κ2) is 9.07. The Kier molecular flexibility index (Phi) is 6.82. The Morgan fingerprint density at radius 2 is 1.04 bits per heavy atom. The highest BCUT2D eigenvalue weighted by Gasteiger charge is 2.23. The number of benzene rings is 2. The van der Waals surface area contributed by atoms with Crippen molar-refractivity contribution < 1.29 is 28.5 Å². The highest BCUT2D eigenvalue weighted by molar-refractivity contribution is 5.71. The zero-order valence-electron chi connectivity index (χ0n) is 16.0. The van der Waals surface area contributed by atoms with E-state index in [1.54, 1.807) is 0 Å². The highest BCUT2D eigenvalue weighted by atomic mass is 16.6. The standard InChI is InChI=1S/C21H24O6/c1-21(2,15-5-9-17(10-6-15)26-13-19(22)24-3)16-7-11-18(12-8-16)27-14-20(23)25-4/h5-12H,13-14H2,1-4H3. The molecule has 6 heteroatoms. The molecule has 0 unspecified atom stereocenters. The molecular formula is C21H24O6. The van der Waals surface area contributed by atoms with Crippen LogP contribution in [-0.2, 0) is 24.5 Å². The largest absolute Gasteiger partial charge is 0.482 e. The van der Waals surface area contributed by atoms with E-state index in [4.69, 9.17) is 9.47 Å². The molecular weight excluding hydrogens is 348 g/mol. The molecule has 0 N–H and O–H groups in total. The molecule has 0 fully saturated rings. The molecule has 2 aromatic rings. The molecule has 0 amide bonds. The van der Waals surface area contributed by atoms with E-state index in [-0.39, 0.29) is 18.6 Å². The molecule has 144 valence electrons. The quantitative estimate of drug-likeness (QED) is 0.663. The van der Waals surface area contributed by atoms with Crippen LogP contribution < -0.4 is 9.47 Å². The summed E-state index contributed by atoms with van der Waals surface area (Å²) < 4.78 is 19.9. The zero-order valence-corrected chi connectivity index (χ0v) is 16.0. The summed E-state index contributed by atoms with van der Waals surface area (Å²) in [6.07, 6.45) is 0. The summed E-state index contributed by atoms with van der Waals surface area (Å²) in [6.45, 7) is 3.99. The lowest BCUT2D eigenvalue weighted by Gasteiger charge is -2.26. The van der Waals surface area contributed by atoms with Crippen LogP contribution >= 0.6 is 0 Å². The molecule has 0 radical (unpaired) electrons. The van der Waals surface area contributed by atoms with Gasteiger partial charge in [0.25, 0.3) is 0 Å². The Hall–Kier alpha value is -3.02. The van der Waals surface area contributed by atoms with E-state index < -0.39 is 11.9 Å². The van der Waals surface area contributed by atoms with E-state index in [9.17, 15) is 9.59 Å². The second-order valence-electron chi connectivity index (χ2n) is 6.40. The monoisotopic (exact) mass is 372 g/mol. The van der Waals surface area contributed by atoms with E-state index in [2.05, 4.69) is 23.3 Å². The first kappa shape index (κ1) is 20.3. The summed E-state index contributed by atoms with van der Waals surface area (Å²) in [6, 6.07) is 15.2. The maximum Gasteiger partial charge on any atom is 0.343 e. The summed E-state index contributed by atoms with van der Waals surface area (Å²) in [5.74, 6) is 0.362. The van der Waals surface area contributed by atoms with Gasteiger partial charge in [0.1, 0.15) is 11.5 Å². The Labute approximate surface area is 159 Å². The molecule has 2 aromatic carbocycles. The minimum Gasteiger partial charge on any atom is -0.482 e. The van der Waals surface area contributed by atoms with Gasteiger partial charge in [-0.25, -0.2) is 9.59 Å². The average molecular weight is 372 g/mol. The van der Waals surface area contributed by atoms with E-state index in [0.717, 1.165) is 11.1 Å². The van der Waals surface area contributed by atoms with Gasteiger partial charge in [0.15, 0.2) is 13.2 Å². The Bertz CT molecular complexity index is 697. The van der Waals surface area contributed by atoms with E-state index in [1.165, 1.54) is 14.2 Å². The summed E-state index contributed by atoms with van der Waals surface area (Å²) in [5, 5.41) is 0. The van der Waals surface area contributed by atoms with E-state index in [0.29, 0.717) is 11.5 Å². The smallest absolute Gasteiger partial charge is 0.343 e. The van der Waals surface area contributed by atoms with Crippen molar-refractivity contribution in [3.05, 3.63) is 59.7 Å². The van der Waals surface area contributed by atoms with E-state index in [1.807, 2.05) is 48.5 Å². The fourth-order valence-corrected chi connectivity index (χ4v) is 2.50. The number of rotatable bonds is 8. The topological polar surface area (TPSA) is 71.1 Å². The van der Waals surface area contributed by atoms with Gasteiger partial charge in [0, 0.05) is 5.41 Å². The third-order valence-corrected chi connectivity index (χ3v) is 4.32. The van der Waals surface area contributed by atoms with Crippen LogP contribution in [0.5, 0.6) is 11.5 Å². The summed E-state index contributed by atoms with van der Waals surface area (Å²) in [7, 11) is 2.64. The number of carbonyl (C=O) groups excluding carboxylic acids is 2. The van der Waals surface area contributed by atoms with E-state index >= 15 is 0 Å². The molecule has 0 saturated heterocycles. The minimum atomic E-state index is -0.422. The maximum atomic E-state index is 11.1. The predicted octanol–water partition coefficient (Wildman–Crippen LogP) is 3.12. The normalized spacial score (nSPS) is 10.8. The number of esters is 2. The van der Waals surface area contributed by atoms with Gasteiger partial charge in [-0.3, -0.25) is 0 Å². The van der Waals surface area contributed by atoms with Crippen LogP contribution in [-0.4, -0.2) is 39.4 Å². The number of carbonyl (C=O) groups is 2. The van der Waals surface area contributed by atoms with Gasteiger partial charge in [0.2, 0.25) is 0 Å². The molecule has 0 bridgehead atoms. The molecule has 0 aliphatic carbocycles. The van der Waals surface area contributed by atoms with Crippen LogP contribution in [0.2, 0.25) is 0 Å². The Morgan fingerprint density at radius 3 is 1.33 bits per heavy atom. The molecule has 0 aliphatic rings.